The first-order chi connectivity index (χ1) is 20.8. The predicted molar refractivity (Wildman–Crippen MR) is 174 cm³/mol. The van der Waals surface area contributed by atoms with E-state index >= 15 is 0 Å². The van der Waals surface area contributed by atoms with Gasteiger partial charge < -0.3 is 0 Å². The van der Waals surface area contributed by atoms with Gasteiger partial charge in [0.05, 0.1) is 17.1 Å². The molecular formula is C39H25N3. The van der Waals surface area contributed by atoms with Crippen molar-refractivity contribution in [3.05, 3.63) is 152 Å². The lowest BCUT2D eigenvalue weighted by molar-refractivity contribution is 1.18. The summed E-state index contributed by atoms with van der Waals surface area (Å²) in [6.45, 7) is 0. The van der Waals surface area contributed by atoms with Crippen LogP contribution in [-0.4, -0.2) is 15.0 Å². The van der Waals surface area contributed by atoms with E-state index in [1.165, 1.54) is 26.9 Å². The lowest BCUT2D eigenvalue weighted by atomic mass is 10.0. The van der Waals surface area contributed by atoms with Crippen molar-refractivity contribution in [3.8, 4) is 45.2 Å². The zero-order valence-electron chi connectivity index (χ0n) is 22.8. The molecule has 196 valence electrons. The first-order valence-electron chi connectivity index (χ1n) is 14.1. The molecule has 0 N–H and O–H groups in total. The molecule has 0 aliphatic heterocycles. The van der Waals surface area contributed by atoms with Gasteiger partial charge in [-0.1, -0.05) is 121 Å². The topological polar surface area (TPSA) is 38.7 Å². The van der Waals surface area contributed by atoms with Crippen LogP contribution in [0.5, 0.6) is 0 Å². The maximum Gasteiger partial charge on any atom is 0.160 e. The number of benzene rings is 6. The summed E-state index contributed by atoms with van der Waals surface area (Å²) in [5.74, 6) is 0.696. The molecule has 0 saturated heterocycles. The van der Waals surface area contributed by atoms with Crippen molar-refractivity contribution in [2.45, 2.75) is 0 Å². The zero-order chi connectivity index (χ0) is 27.9. The molecule has 6 aromatic carbocycles. The highest BCUT2D eigenvalue weighted by molar-refractivity contribution is 5.95. The molecule has 0 fully saturated rings. The van der Waals surface area contributed by atoms with Crippen LogP contribution in [-0.2, 0) is 0 Å². The molecule has 0 radical (unpaired) electrons. The minimum atomic E-state index is 0.696. The van der Waals surface area contributed by atoms with E-state index in [9.17, 15) is 0 Å². The van der Waals surface area contributed by atoms with Gasteiger partial charge in [-0.2, -0.15) is 0 Å². The molecule has 8 rings (SSSR count). The monoisotopic (exact) mass is 535 g/mol. The van der Waals surface area contributed by atoms with Gasteiger partial charge in [0.1, 0.15) is 0 Å². The smallest absolute Gasteiger partial charge is 0.160 e. The average Bonchev–Trinajstić information content (AvgIpc) is 3.07. The van der Waals surface area contributed by atoms with Crippen LogP contribution in [0.1, 0.15) is 0 Å². The number of pyridine rings is 1. The van der Waals surface area contributed by atoms with E-state index in [1.807, 2.05) is 12.3 Å². The van der Waals surface area contributed by atoms with E-state index in [-0.39, 0.29) is 0 Å². The Morgan fingerprint density at radius 3 is 1.48 bits per heavy atom. The molecule has 0 amide bonds. The molecule has 3 nitrogen and oxygen atoms in total. The van der Waals surface area contributed by atoms with Crippen LogP contribution >= 0.6 is 0 Å². The zero-order valence-corrected chi connectivity index (χ0v) is 22.8. The van der Waals surface area contributed by atoms with Crippen LogP contribution in [0, 0.1) is 0 Å². The summed E-state index contributed by atoms with van der Waals surface area (Å²) in [6.07, 6.45) is 1.87. The molecule has 2 heterocycles. The van der Waals surface area contributed by atoms with Gasteiger partial charge in [0, 0.05) is 33.8 Å². The van der Waals surface area contributed by atoms with Crippen LogP contribution in [0.4, 0.5) is 0 Å². The number of hydrogen-bond acceptors (Lipinski definition) is 3. The first-order valence-corrected chi connectivity index (χ1v) is 14.1. The van der Waals surface area contributed by atoms with Crippen molar-refractivity contribution in [1.82, 2.24) is 15.0 Å². The van der Waals surface area contributed by atoms with E-state index in [0.717, 1.165) is 44.7 Å². The van der Waals surface area contributed by atoms with Gasteiger partial charge in [-0.05, 0) is 51.2 Å². The molecule has 0 atom stereocenters. The number of hydrogen-bond donors (Lipinski definition) is 0. The lowest BCUT2D eigenvalue weighted by Crippen LogP contribution is -1.96. The SMILES string of the molecule is c1ccc2cc(-c3cc(-c4ccc5ccccc5c4)nc(-c4ccc(-c5nccc6ccccc56)cc4)n3)ccc2c1. The second kappa shape index (κ2) is 10.1. The third-order valence-corrected chi connectivity index (χ3v) is 7.91. The largest absolute Gasteiger partial charge is 0.256 e. The Morgan fingerprint density at radius 2 is 0.857 bits per heavy atom. The van der Waals surface area contributed by atoms with Gasteiger partial charge in [0.2, 0.25) is 0 Å². The fourth-order valence-corrected chi connectivity index (χ4v) is 5.70. The van der Waals surface area contributed by atoms with E-state index in [1.54, 1.807) is 0 Å². The molecule has 0 aliphatic rings. The van der Waals surface area contributed by atoms with Crippen LogP contribution in [0.3, 0.4) is 0 Å². The van der Waals surface area contributed by atoms with Crippen LogP contribution in [0.2, 0.25) is 0 Å². The molecule has 42 heavy (non-hydrogen) atoms. The summed E-state index contributed by atoms with van der Waals surface area (Å²) in [7, 11) is 0. The van der Waals surface area contributed by atoms with Gasteiger partial charge in [0.15, 0.2) is 5.82 Å². The molecule has 3 heteroatoms. The van der Waals surface area contributed by atoms with Crippen molar-refractivity contribution in [1.29, 1.82) is 0 Å². The Kier molecular flexibility index (Phi) is 5.79. The third-order valence-electron chi connectivity index (χ3n) is 7.91. The average molecular weight is 536 g/mol. The Labute approximate surface area is 243 Å². The summed E-state index contributed by atoms with van der Waals surface area (Å²) >= 11 is 0. The summed E-state index contributed by atoms with van der Waals surface area (Å²) in [5.41, 5.74) is 6.93. The van der Waals surface area contributed by atoms with Crippen molar-refractivity contribution < 1.29 is 0 Å². The molecule has 8 aromatic rings. The number of fused-ring (bicyclic) bond motifs is 3. The van der Waals surface area contributed by atoms with E-state index in [4.69, 9.17) is 15.0 Å². The lowest BCUT2D eigenvalue weighted by Gasteiger charge is -2.11. The Hall–Kier alpha value is -5.67. The van der Waals surface area contributed by atoms with Crippen LogP contribution in [0.25, 0.3) is 77.5 Å². The summed E-state index contributed by atoms with van der Waals surface area (Å²) in [4.78, 5) is 14.9. The minimum absolute atomic E-state index is 0.696. The number of nitrogens with zero attached hydrogens (tertiary/aromatic N) is 3. The van der Waals surface area contributed by atoms with Gasteiger partial charge in [-0.15, -0.1) is 0 Å². The summed E-state index contributed by atoms with van der Waals surface area (Å²) in [5, 5.41) is 7.12. The van der Waals surface area contributed by atoms with E-state index < -0.39 is 0 Å². The molecule has 0 spiro atoms. The van der Waals surface area contributed by atoms with Gasteiger partial charge in [-0.3, -0.25) is 4.98 Å². The summed E-state index contributed by atoms with van der Waals surface area (Å²) < 4.78 is 0. The highest BCUT2D eigenvalue weighted by atomic mass is 14.9. The summed E-state index contributed by atoms with van der Waals surface area (Å²) in [6, 6.07) is 50.8. The Bertz CT molecular complexity index is 2150. The Morgan fingerprint density at radius 1 is 0.357 bits per heavy atom. The van der Waals surface area contributed by atoms with Crippen molar-refractivity contribution >= 4 is 32.3 Å². The maximum absolute atomic E-state index is 5.09. The third kappa shape index (κ3) is 4.38. The van der Waals surface area contributed by atoms with Gasteiger partial charge in [0.25, 0.3) is 0 Å². The number of rotatable bonds is 4. The van der Waals surface area contributed by atoms with Crippen molar-refractivity contribution in [2.24, 2.45) is 0 Å². The van der Waals surface area contributed by atoms with Gasteiger partial charge >= 0.3 is 0 Å². The second-order valence-electron chi connectivity index (χ2n) is 10.5. The van der Waals surface area contributed by atoms with E-state index in [2.05, 4.69) is 140 Å². The predicted octanol–water partition coefficient (Wildman–Crippen LogP) is 10.00. The quantitative estimate of drug-likeness (QED) is 0.225. The van der Waals surface area contributed by atoms with Crippen LogP contribution in [0.15, 0.2) is 152 Å². The van der Waals surface area contributed by atoms with Crippen molar-refractivity contribution in [3.63, 3.8) is 0 Å². The fourth-order valence-electron chi connectivity index (χ4n) is 5.70. The minimum Gasteiger partial charge on any atom is -0.256 e. The standard InChI is InChI=1S/C39H25N3/c1-3-10-31-23-33(19-13-26(31)7-1)36-25-37(34-20-14-27-8-2-4-11-32(27)24-34)42-39(41-36)30-17-15-29(16-18-30)38-35-12-6-5-9-28(35)21-22-40-38/h1-25H. The molecule has 0 aliphatic carbocycles. The van der Waals surface area contributed by atoms with Gasteiger partial charge in [-0.25, -0.2) is 9.97 Å². The normalized spacial score (nSPS) is 11.3. The second-order valence-corrected chi connectivity index (χ2v) is 10.5. The molecule has 2 aromatic heterocycles. The molecule has 0 bridgehead atoms. The fraction of sp³-hybridized carbons (Fsp3) is 0. The Balaban J connectivity index is 1.27. The van der Waals surface area contributed by atoms with Crippen LogP contribution < -0.4 is 0 Å². The number of aromatic nitrogens is 3. The maximum atomic E-state index is 5.09. The first kappa shape index (κ1) is 24.2. The van der Waals surface area contributed by atoms with Crippen molar-refractivity contribution in [2.75, 3.05) is 0 Å². The van der Waals surface area contributed by atoms with E-state index in [0.29, 0.717) is 5.82 Å². The molecular weight excluding hydrogens is 510 g/mol. The highest BCUT2D eigenvalue weighted by Gasteiger charge is 2.13. The molecule has 0 unspecified atom stereocenters. The molecule has 0 saturated carbocycles. The highest BCUT2D eigenvalue weighted by Crippen LogP contribution is 2.32.